The standard InChI is InChI=1S/C50H35N3/c1-5-17-37(18-6-1)43-25-13-15-27-46(43)51(39-19-7-2-8-20-39)42-32-29-36(30-33-42)38-31-34-48-45(35-38)49-44-26-14-16-28-47(44)52(40-21-9-3-10-22-40)50(49)53(48)41-23-11-4-12-24-41/h1-35H. The number of hydrogen-bond donors (Lipinski definition) is 0. The van der Waals surface area contributed by atoms with E-state index in [0.717, 1.165) is 28.4 Å². The van der Waals surface area contributed by atoms with E-state index in [1.54, 1.807) is 0 Å². The third-order valence-electron chi connectivity index (χ3n) is 10.3. The number of nitrogens with zero attached hydrogens (tertiary/aromatic N) is 3. The van der Waals surface area contributed by atoms with Crippen molar-refractivity contribution < 1.29 is 0 Å². The molecule has 3 nitrogen and oxygen atoms in total. The van der Waals surface area contributed by atoms with E-state index in [9.17, 15) is 0 Å². The Bertz CT molecular complexity index is 2850. The van der Waals surface area contributed by atoms with Crippen LogP contribution in [0.4, 0.5) is 17.1 Å². The van der Waals surface area contributed by atoms with Gasteiger partial charge in [0.05, 0.1) is 16.7 Å². The van der Waals surface area contributed by atoms with Crippen LogP contribution in [0.1, 0.15) is 0 Å². The van der Waals surface area contributed by atoms with Crippen LogP contribution in [-0.2, 0) is 0 Å². The monoisotopic (exact) mass is 677 g/mol. The molecule has 0 saturated heterocycles. The summed E-state index contributed by atoms with van der Waals surface area (Å²) in [4.78, 5) is 2.36. The number of benzene rings is 8. The highest BCUT2D eigenvalue weighted by atomic mass is 15.1. The first kappa shape index (κ1) is 30.7. The van der Waals surface area contributed by atoms with E-state index in [1.807, 2.05) is 0 Å². The van der Waals surface area contributed by atoms with Crippen molar-refractivity contribution in [2.45, 2.75) is 0 Å². The summed E-state index contributed by atoms with van der Waals surface area (Å²) >= 11 is 0. The number of para-hydroxylation sites is 5. The van der Waals surface area contributed by atoms with Crippen LogP contribution in [0.2, 0.25) is 0 Å². The molecule has 0 aliphatic rings. The lowest BCUT2D eigenvalue weighted by molar-refractivity contribution is 1.07. The minimum atomic E-state index is 1.10. The van der Waals surface area contributed by atoms with Gasteiger partial charge in [-0.3, -0.25) is 9.13 Å². The van der Waals surface area contributed by atoms with Crippen molar-refractivity contribution in [3.8, 4) is 33.6 Å². The summed E-state index contributed by atoms with van der Waals surface area (Å²) in [6.45, 7) is 0. The van der Waals surface area contributed by atoms with E-state index < -0.39 is 0 Å². The SMILES string of the molecule is c1ccc(-c2ccccc2N(c2ccccc2)c2ccc(-c3ccc4c(c3)c3c5ccccc5n(-c5ccccc5)c3n4-c3ccccc3)cc2)cc1. The fraction of sp³-hybridized carbons (Fsp3) is 0. The fourth-order valence-corrected chi connectivity index (χ4v) is 7.94. The van der Waals surface area contributed by atoms with Gasteiger partial charge in [-0.15, -0.1) is 0 Å². The van der Waals surface area contributed by atoms with Crippen molar-refractivity contribution in [1.29, 1.82) is 0 Å². The minimum absolute atomic E-state index is 1.10. The summed E-state index contributed by atoms with van der Waals surface area (Å²) in [5.74, 6) is 0. The molecule has 0 radical (unpaired) electrons. The molecule has 0 aliphatic heterocycles. The Labute approximate surface area is 308 Å². The maximum absolute atomic E-state index is 2.42. The van der Waals surface area contributed by atoms with Gasteiger partial charge in [0.25, 0.3) is 0 Å². The fourth-order valence-electron chi connectivity index (χ4n) is 7.94. The van der Waals surface area contributed by atoms with E-state index in [1.165, 1.54) is 55.1 Å². The molecular weight excluding hydrogens is 643 g/mol. The number of fused-ring (bicyclic) bond motifs is 5. The predicted octanol–water partition coefficient (Wildman–Crippen LogP) is 13.5. The van der Waals surface area contributed by atoms with Gasteiger partial charge in [0.1, 0.15) is 5.65 Å². The normalized spacial score (nSPS) is 11.4. The van der Waals surface area contributed by atoms with E-state index >= 15 is 0 Å². The molecule has 0 N–H and O–H groups in total. The van der Waals surface area contributed by atoms with Crippen molar-refractivity contribution in [2.75, 3.05) is 4.90 Å². The van der Waals surface area contributed by atoms with Gasteiger partial charge in [-0.05, 0) is 89.5 Å². The molecule has 0 fully saturated rings. The molecular formula is C50H35N3. The highest BCUT2D eigenvalue weighted by molar-refractivity contribution is 6.23. The average molecular weight is 678 g/mol. The van der Waals surface area contributed by atoms with Gasteiger partial charge in [0.15, 0.2) is 0 Å². The van der Waals surface area contributed by atoms with Crippen LogP contribution in [0, 0.1) is 0 Å². The van der Waals surface area contributed by atoms with Crippen LogP contribution in [0.25, 0.3) is 66.5 Å². The van der Waals surface area contributed by atoms with Gasteiger partial charge < -0.3 is 4.90 Å². The first-order chi connectivity index (χ1) is 26.3. The highest BCUT2D eigenvalue weighted by Crippen LogP contribution is 2.44. The zero-order valence-electron chi connectivity index (χ0n) is 29.0. The molecule has 0 bridgehead atoms. The summed E-state index contributed by atoms with van der Waals surface area (Å²) in [6, 6.07) is 76.1. The van der Waals surface area contributed by atoms with Crippen molar-refractivity contribution in [3.05, 3.63) is 212 Å². The second-order valence-electron chi connectivity index (χ2n) is 13.4. The smallest absolute Gasteiger partial charge is 0.131 e. The Balaban J connectivity index is 1.15. The zero-order valence-corrected chi connectivity index (χ0v) is 29.0. The van der Waals surface area contributed by atoms with Crippen LogP contribution in [0.5, 0.6) is 0 Å². The molecule has 0 unspecified atom stereocenters. The Morgan fingerprint density at radius 3 is 1.53 bits per heavy atom. The van der Waals surface area contributed by atoms with Gasteiger partial charge >= 0.3 is 0 Å². The number of aromatic nitrogens is 2. The van der Waals surface area contributed by atoms with Crippen LogP contribution < -0.4 is 4.90 Å². The first-order valence-corrected chi connectivity index (χ1v) is 18.1. The maximum Gasteiger partial charge on any atom is 0.131 e. The van der Waals surface area contributed by atoms with E-state index in [2.05, 4.69) is 226 Å². The van der Waals surface area contributed by atoms with E-state index in [0.29, 0.717) is 0 Å². The molecule has 3 heteroatoms. The second kappa shape index (κ2) is 12.9. The summed E-state index contributed by atoms with van der Waals surface area (Å²) in [5.41, 5.74) is 13.9. The van der Waals surface area contributed by atoms with Crippen molar-refractivity contribution in [2.24, 2.45) is 0 Å². The number of rotatable bonds is 7. The molecule has 0 spiro atoms. The largest absolute Gasteiger partial charge is 0.310 e. The zero-order chi connectivity index (χ0) is 35.1. The molecule has 0 amide bonds. The Morgan fingerprint density at radius 1 is 0.340 bits per heavy atom. The lowest BCUT2D eigenvalue weighted by Crippen LogP contribution is -2.11. The van der Waals surface area contributed by atoms with Crippen molar-refractivity contribution in [3.63, 3.8) is 0 Å². The van der Waals surface area contributed by atoms with Gasteiger partial charge in [0, 0.05) is 44.5 Å². The van der Waals surface area contributed by atoms with Gasteiger partial charge in [-0.25, -0.2) is 0 Å². The lowest BCUT2D eigenvalue weighted by atomic mass is 10.00. The molecule has 10 rings (SSSR count). The molecule has 8 aromatic carbocycles. The third-order valence-corrected chi connectivity index (χ3v) is 10.3. The minimum Gasteiger partial charge on any atom is -0.310 e. The molecule has 0 saturated carbocycles. The Morgan fingerprint density at radius 2 is 0.849 bits per heavy atom. The summed E-state index contributed by atoms with van der Waals surface area (Å²) < 4.78 is 4.84. The van der Waals surface area contributed by atoms with Gasteiger partial charge in [0.2, 0.25) is 0 Å². The molecule has 2 heterocycles. The van der Waals surface area contributed by atoms with Gasteiger partial charge in [-0.2, -0.15) is 0 Å². The summed E-state index contributed by atoms with van der Waals surface area (Å²) in [7, 11) is 0. The molecule has 250 valence electrons. The van der Waals surface area contributed by atoms with Crippen LogP contribution in [-0.4, -0.2) is 9.13 Å². The van der Waals surface area contributed by atoms with Gasteiger partial charge in [-0.1, -0.05) is 140 Å². The van der Waals surface area contributed by atoms with E-state index in [4.69, 9.17) is 0 Å². The first-order valence-electron chi connectivity index (χ1n) is 18.1. The Hall–Kier alpha value is -7.10. The molecule has 10 aromatic rings. The van der Waals surface area contributed by atoms with Crippen LogP contribution >= 0.6 is 0 Å². The molecule has 0 atom stereocenters. The quantitative estimate of drug-likeness (QED) is 0.164. The third kappa shape index (κ3) is 5.21. The lowest BCUT2D eigenvalue weighted by Gasteiger charge is -2.28. The predicted molar refractivity (Wildman–Crippen MR) is 223 cm³/mol. The number of anilines is 3. The molecule has 0 aliphatic carbocycles. The second-order valence-corrected chi connectivity index (χ2v) is 13.4. The molecule has 2 aromatic heterocycles. The summed E-state index contributed by atoms with van der Waals surface area (Å²) in [6.07, 6.45) is 0. The van der Waals surface area contributed by atoms with Crippen LogP contribution in [0.3, 0.4) is 0 Å². The average Bonchev–Trinajstić information content (AvgIpc) is 3.75. The summed E-state index contributed by atoms with van der Waals surface area (Å²) in [5, 5.41) is 3.74. The highest BCUT2D eigenvalue weighted by Gasteiger charge is 2.23. The van der Waals surface area contributed by atoms with Crippen molar-refractivity contribution >= 4 is 49.9 Å². The topological polar surface area (TPSA) is 13.1 Å². The van der Waals surface area contributed by atoms with E-state index in [-0.39, 0.29) is 0 Å². The Kier molecular flexibility index (Phi) is 7.47. The number of hydrogen-bond acceptors (Lipinski definition) is 1. The van der Waals surface area contributed by atoms with Crippen molar-refractivity contribution in [1.82, 2.24) is 9.13 Å². The van der Waals surface area contributed by atoms with Crippen LogP contribution in [0.15, 0.2) is 212 Å². The maximum atomic E-state index is 2.42. The molecule has 53 heavy (non-hydrogen) atoms.